The highest BCUT2D eigenvalue weighted by Crippen LogP contribution is 2.14. The third kappa shape index (κ3) is 7.08. The zero-order valence-electron chi connectivity index (χ0n) is 18.2. The molecule has 0 saturated carbocycles. The molecule has 9 nitrogen and oxygen atoms in total. The van der Waals surface area contributed by atoms with Crippen LogP contribution in [0.15, 0.2) is 53.4 Å². The van der Waals surface area contributed by atoms with Crippen LogP contribution in [-0.2, 0) is 26.1 Å². The molecule has 2 rings (SSSR count). The van der Waals surface area contributed by atoms with Gasteiger partial charge in [0.2, 0.25) is 10.0 Å². The summed E-state index contributed by atoms with van der Waals surface area (Å²) in [4.78, 5) is 27.9. The fourth-order valence-electron chi connectivity index (χ4n) is 2.68. The van der Waals surface area contributed by atoms with Gasteiger partial charge >= 0.3 is 5.97 Å². The van der Waals surface area contributed by atoms with Crippen LogP contribution in [0.25, 0.3) is 0 Å². The van der Waals surface area contributed by atoms with E-state index >= 15 is 0 Å². The van der Waals surface area contributed by atoms with Gasteiger partial charge < -0.3 is 14.5 Å². The second-order valence-electron chi connectivity index (χ2n) is 7.22. The Bertz CT molecular complexity index is 1070. The molecule has 0 aliphatic carbocycles. The third-order valence-electron chi connectivity index (χ3n) is 4.55. The van der Waals surface area contributed by atoms with Crippen LogP contribution >= 0.6 is 0 Å². The Hall–Kier alpha value is -3.42. The maximum Gasteiger partial charge on any atom is 0.338 e. The molecular weight excluding hydrogens is 432 g/mol. The van der Waals surface area contributed by atoms with E-state index in [9.17, 15) is 18.0 Å². The summed E-state index contributed by atoms with van der Waals surface area (Å²) in [5.74, 6) is -1.10. The largest absolute Gasteiger partial charge is 0.452 e. The van der Waals surface area contributed by atoms with E-state index in [-0.39, 0.29) is 29.3 Å². The molecule has 1 amide bonds. The lowest BCUT2D eigenvalue weighted by Gasteiger charge is -2.18. The first-order valence-electron chi connectivity index (χ1n) is 9.78. The van der Waals surface area contributed by atoms with E-state index < -0.39 is 22.6 Å². The monoisotopic (exact) mass is 458 g/mol. The number of anilines is 1. The maximum absolute atomic E-state index is 12.3. The topological polar surface area (TPSA) is 120 Å². The van der Waals surface area contributed by atoms with Gasteiger partial charge in [-0.2, -0.15) is 5.26 Å². The van der Waals surface area contributed by atoms with Crippen LogP contribution in [0, 0.1) is 11.3 Å². The minimum absolute atomic E-state index is 0.00193. The Balaban J connectivity index is 1.88. The van der Waals surface area contributed by atoms with Gasteiger partial charge in [-0.3, -0.25) is 4.79 Å². The van der Waals surface area contributed by atoms with Gasteiger partial charge in [0.1, 0.15) is 0 Å². The summed E-state index contributed by atoms with van der Waals surface area (Å²) in [6.45, 7) is -0.0611. The molecule has 0 bridgehead atoms. The zero-order valence-corrected chi connectivity index (χ0v) is 19.1. The smallest absolute Gasteiger partial charge is 0.338 e. The van der Waals surface area contributed by atoms with Crippen LogP contribution in [0.4, 0.5) is 5.69 Å². The van der Waals surface area contributed by atoms with Gasteiger partial charge in [-0.25, -0.2) is 17.9 Å². The molecular formula is C22H26N4O5S. The number of nitrogens with one attached hydrogen (secondary N) is 1. The van der Waals surface area contributed by atoms with Crippen molar-refractivity contribution in [3.05, 3.63) is 59.7 Å². The Morgan fingerprint density at radius 3 is 2.22 bits per heavy atom. The van der Waals surface area contributed by atoms with Gasteiger partial charge in [-0.15, -0.1) is 0 Å². The van der Waals surface area contributed by atoms with E-state index in [0.717, 1.165) is 11.3 Å². The molecule has 0 atom stereocenters. The Kier molecular flexibility index (Phi) is 8.75. The predicted octanol–water partition coefficient (Wildman–Crippen LogP) is 1.76. The lowest BCUT2D eigenvalue weighted by molar-refractivity contribution is -0.133. The molecule has 0 aliphatic heterocycles. The van der Waals surface area contributed by atoms with Crippen LogP contribution in [0.3, 0.4) is 0 Å². The van der Waals surface area contributed by atoms with E-state index in [1.807, 2.05) is 49.3 Å². The lowest BCUT2D eigenvalue weighted by Crippen LogP contribution is -2.30. The van der Waals surface area contributed by atoms with Crippen molar-refractivity contribution in [1.82, 2.24) is 9.62 Å². The quantitative estimate of drug-likeness (QED) is 0.425. The Morgan fingerprint density at radius 2 is 1.66 bits per heavy atom. The minimum atomic E-state index is -3.77. The van der Waals surface area contributed by atoms with Crippen molar-refractivity contribution in [3.63, 3.8) is 0 Å². The van der Waals surface area contributed by atoms with Crippen molar-refractivity contribution in [3.8, 4) is 6.07 Å². The SMILES string of the molecule is CN(Cc1ccc(N(C)C)cc1)C(=O)COC(=O)c1ccc(S(=O)(=O)NCCC#N)cc1. The number of amides is 1. The molecule has 0 radical (unpaired) electrons. The third-order valence-corrected chi connectivity index (χ3v) is 6.03. The molecule has 1 N–H and O–H groups in total. The molecule has 2 aromatic carbocycles. The standard InChI is InChI=1S/C22H26N4O5S/c1-25(2)19-9-5-17(6-10-19)15-26(3)21(27)16-31-22(28)18-7-11-20(12-8-18)32(29,30)24-14-4-13-23/h5-12,24H,4,14-16H2,1-3H3. The number of ether oxygens (including phenoxy) is 1. The molecule has 10 heteroatoms. The average molecular weight is 459 g/mol. The minimum Gasteiger partial charge on any atom is -0.452 e. The summed E-state index contributed by atoms with van der Waals surface area (Å²) >= 11 is 0. The highest BCUT2D eigenvalue weighted by Gasteiger charge is 2.17. The van der Waals surface area contributed by atoms with Gasteiger partial charge in [0.25, 0.3) is 5.91 Å². The highest BCUT2D eigenvalue weighted by molar-refractivity contribution is 7.89. The highest BCUT2D eigenvalue weighted by atomic mass is 32.2. The van der Waals surface area contributed by atoms with Crippen LogP contribution in [0.1, 0.15) is 22.3 Å². The number of esters is 1. The fourth-order valence-corrected chi connectivity index (χ4v) is 3.71. The van der Waals surface area contributed by atoms with Crippen LogP contribution < -0.4 is 9.62 Å². The number of likely N-dealkylation sites (N-methyl/N-ethyl adjacent to an activating group) is 1. The summed E-state index contributed by atoms with van der Waals surface area (Å²) in [5.41, 5.74) is 2.11. The first-order chi connectivity index (χ1) is 15.1. The van der Waals surface area contributed by atoms with Crippen molar-refractivity contribution in [2.75, 3.05) is 39.2 Å². The molecule has 32 heavy (non-hydrogen) atoms. The Labute approximate surface area is 188 Å². The van der Waals surface area contributed by atoms with E-state index in [2.05, 4.69) is 4.72 Å². The van der Waals surface area contributed by atoms with Gasteiger partial charge in [0, 0.05) is 46.3 Å². The van der Waals surface area contributed by atoms with Crippen LogP contribution in [0.2, 0.25) is 0 Å². The Morgan fingerprint density at radius 1 is 1.03 bits per heavy atom. The van der Waals surface area contributed by atoms with Crippen LogP contribution in [-0.4, -0.2) is 59.5 Å². The normalized spacial score (nSPS) is 10.8. The van der Waals surface area contributed by atoms with Gasteiger partial charge in [0.05, 0.1) is 16.5 Å². The fraction of sp³-hybridized carbons (Fsp3) is 0.318. The number of benzene rings is 2. The van der Waals surface area contributed by atoms with Crippen molar-refractivity contribution >= 4 is 27.6 Å². The molecule has 0 saturated heterocycles. The van der Waals surface area contributed by atoms with E-state index in [1.54, 1.807) is 7.05 Å². The van der Waals surface area contributed by atoms with Crippen molar-refractivity contribution in [2.24, 2.45) is 0 Å². The van der Waals surface area contributed by atoms with Crippen molar-refractivity contribution in [1.29, 1.82) is 5.26 Å². The first kappa shape index (κ1) is 24.8. The molecule has 0 unspecified atom stereocenters. The summed E-state index contributed by atoms with van der Waals surface area (Å²) in [5, 5.41) is 8.49. The zero-order chi connectivity index (χ0) is 23.7. The number of sulfonamides is 1. The lowest BCUT2D eigenvalue weighted by atomic mass is 10.2. The molecule has 0 aromatic heterocycles. The summed E-state index contributed by atoms with van der Waals surface area (Å²) in [6, 6.07) is 14.7. The van der Waals surface area contributed by atoms with E-state index in [1.165, 1.54) is 29.2 Å². The average Bonchev–Trinajstić information content (AvgIpc) is 2.77. The van der Waals surface area contributed by atoms with E-state index in [4.69, 9.17) is 10.00 Å². The molecule has 170 valence electrons. The first-order valence-corrected chi connectivity index (χ1v) is 11.3. The van der Waals surface area contributed by atoms with Gasteiger partial charge in [0.15, 0.2) is 6.61 Å². The number of hydrogen-bond donors (Lipinski definition) is 1. The second kappa shape index (κ2) is 11.3. The number of hydrogen-bond acceptors (Lipinski definition) is 7. The number of nitriles is 1. The summed E-state index contributed by atoms with van der Waals surface area (Å²) in [7, 11) is 1.74. The molecule has 0 heterocycles. The summed E-state index contributed by atoms with van der Waals surface area (Å²) in [6.07, 6.45) is 0.0491. The van der Waals surface area contributed by atoms with Crippen molar-refractivity contribution < 1.29 is 22.7 Å². The van der Waals surface area contributed by atoms with Crippen LogP contribution in [0.5, 0.6) is 0 Å². The molecule has 0 fully saturated rings. The number of rotatable bonds is 10. The molecule has 0 aliphatic rings. The van der Waals surface area contributed by atoms with Gasteiger partial charge in [-0.1, -0.05) is 12.1 Å². The van der Waals surface area contributed by atoms with Crippen molar-refractivity contribution in [2.45, 2.75) is 17.9 Å². The number of nitrogens with zero attached hydrogens (tertiary/aromatic N) is 3. The summed E-state index contributed by atoms with van der Waals surface area (Å²) < 4.78 is 31.5. The maximum atomic E-state index is 12.3. The molecule has 2 aromatic rings. The molecule has 0 spiro atoms. The second-order valence-corrected chi connectivity index (χ2v) is 8.98. The van der Waals surface area contributed by atoms with Gasteiger partial charge in [-0.05, 0) is 42.0 Å². The predicted molar refractivity (Wildman–Crippen MR) is 119 cm³/mol. The number of carbonyl (C=O) groups is 2. The van der Waals surface area contributed by atoms with E-state index in [0.29, 0.717) is 6.54 Å². The number of carbonyl (C=O) groups excluding carboxylic acids is 2.